The molecular formula is C36H39N2O6. The van der Waals surface area contributed by atoms with Crippen molar-refractivity contribution < 1.29 is 28.6 Å². The molecule has 0 aliphatic carbocycles. The Hall–Kier alpha value is -4.62. The van der Waals surface area contributed by atoms with Crippen LogP contribution in [-0.2, 0) is 30.3 Å². The maximum absolute atomic E-state index is 13.0. The van der Waals surface area contributed by atoms with E-state index in [0.717, 1.165) is 21.8 Å². The smallest absolute Gasteiger partial charge is 0.302 e. The number of ketones is 2. The summed E-state index contributed by atoms with van der Waals surface area (Å²) in [5.74, 6) is -0.354. The lowest BCUT2D eigenvalue weighted by Crippen LogP contribution is -2.05. The van der Waals surface area contributed by atoms with Crippen LogP contribution in [0.15, 0.2) is 78.5 Å². The standard InChI is InChI=1S/C27H21N2O2.C5H10O3.C4H8O/c1-3-4-14-29-25-12-10-20(24(28)15-18(2)30)16-22(25)23-17-21(11-13-26(23)29)27(31)19-8-6-5-7-9-19;1-5(6)8-4-3-7-2;1-3-4(2)5-3/h1,4-13,16-17,28H,14-15H2,2H3;3-4H2,1-2H3;3-4H,1-2H3. The molecule has 0 spiro atoms. The molecule has 2 unspecified atom stereocenters. The Kier molecular flexibility index (Phi) is 12.5. The summed E-state index contributed by atoms with van der Waals surface area (Å²) < 4.78 is 16.1. The van der Waals surface area contributed by atoms with Crippen molar-refractivity contribution in [1.82, 2.24) is 4.57 Å². The van der Waals surface area contributed by atoms with Crippen LogP contribution in [0, 0.1) is 12.0 Å². The average molecular weight is 596 g/mol. The van der Waals surface area contributed by atoms with E-state index in [1.807, 2.05) is 54.6 Å². The van der Waals surface area contributed by atoms with Crippen molar-refractivity contribution in [3.63, 3.8) is 0 Å². The van der Waals surface area contributed by atoms with Crippen molar-refractivity contribution in [2.45, 2.75) is 52.9 Å². The van der Waals surface area contributed by atoms with Crippen LogP contribution in [0.2, 0.25) is 0 Å². The number of nitrogens with zero attached hydrogens (tertiary/aromatic N) is 1. The molecule has 1 aromatic heterocycles. The SMILES string of the molecule is CC1OC1C.COCCOC(C)=O.[CH]=C=CCn1c2ccc(C(=N)CC(C)=O)cc2c2cc(C(=O)c3ccccc3)ccc21. The van der Waals surface area contributed by atoms with Crippen molar-refractivity contribution in [2.75, 3.05) is 20.3 Å². The van der Waals surface area contributed by atoms with Crippen LogP contribution in [0.1, 0.15) is 55.6 Å². The fraction of sp³-hybridized carbons (Fsp3) is 0.306. The van der Waals surface area contributed by atoms with Crippen LogP contribution in [0.3, 0.4) is 0 Å². The minimum Gasteiger partial charge on any atom is -0.463 e. The van der Waals surface area contributed by atoms with Crippen LogP contribution >= 0.6 is 0 Å². The lowest BCUT2D eigenvalue weighted by Gasteiger charge is -2.05. The Morgan fingerprint density at radius 2 is 1.48 bits per heavy atom. The quantitative estimate of drug-likeness (QED) is 0.0559. The number of carbonyl (C=O) groups is 3. The number of Topliss-reactive ketones (excluding diaryl/α,β-unsaturated/α-hetero) is 1. The maximum atomic E-state index is 13.0. The number of fused-ring (bicyclic) bond motifs is 3. The second-order valence-electron chi connectivity index (χ2n) is 10.4. The summed E-state index contributed by atoms with van der Waals surface area (Å²) in [6.45, 7) is 13.8. The van der Waals surface area contributed by atoms with Gasteiger partial charge in [-0.25, -0.2) is 0 Å². The Bertz CT molecular complexity index is 1680. The number of hydrogen-bond donors (Lipinski definition) is 1. The molecule has 229 valence electrons. The highest BCUT2D eigenvalue weighted by atomic mass is 16.6. The van der Waals surface area contributed by atoms with E-state index in [2.05, 4.69) is 33.6 Å². The summed E-state index contributed by atoms with van der Waals surface area (Å²) in [5.41, 5.74) is 6.70. The summed E-state index contributed by atoms with van der Waals surface area (Å²) in [5, 5.41) is 10.1. The van der Waals surface area contributed by atoms with E-state index in [1.165, 1.54) is 13.8 Å². The number of benzene rings is 3. The second-order valence-corrected chi connectivity index (χ2v) is 10.4. The number of methoxy groups -OCH3 is 1. The molecule has 8 heteroatoms. The Morgan fingerprint density at radius 1 is 0.909 bits per heavy atom. The first kappa shape index (κ1) is 33.9. The van der Waals surface area contributed by atoms with E-state index in [9.17, 15) is 14.4 Å². The molecule has 0 bridgehead atoms. The van der Waals surface area contributed by atoms with Gasteiger partial charge in [-0.1, -0.05) is 36.4 Å². The van der Waals surface area contributed by atoms with Crippen molar-refractivity contribution in [3.05, 3.63) is 102 Å². The fourth-order valence-corrected chi connectivity index (χ4v) is 4.44. The van der Waals surface area contributed by atoms with Gasteiger partial charge in [-0.05, 0) is 69.3 Å². The van der Waals surface area contributed by atoms with Gasteiger partial charge >= 0.3 is 5.97 Å². The molecule has 4 aromatic rings. The van der Waals surface area contributed by atoms with Gasteiger partial charge in [0.2, 0.25) is 0 Å². The lowest BCUT2D eigenvalue weighted by atomic mass is 9.99. The average Bonchev–Trinajstić information content (AvgIpc) is 3.57. The lowest BCUT2D eigenvalue weighted by molar-refractivity contribution is -0.142. The van der Waals surface area contributed by atoms with Gasteiger partial charge in [0.1, 0.15) is 12.4 Å². The number of rotatable bonds is 10. The first-order chi connectivity index (χ1) is 21.1. The van der Waals surface area contributed by atoms with Crippen molar-refractivity contribution in [2.24, 2.45) is 0 Å². The zero-order valence-corrected chi connectivity index (χ0v) is 25.9. The van der Waals surface area contributed by atoms with Crippen LogP contribution in [0.25, 0.3) is 21.8 Å². The summed E-state index contributed by atoms with van der Waals surface area (Å²) in [6, 6.07) is 20.6. The highest BCUT2D eigenvalue weighted by Crippen LogP contribution is 2.31. The van der Waals surface area contributed by atoms with Crippen LogP contribution in [-0.4, -0.2) is 60.3 Å². The number of hydrogen-bond acceptors (Lipinski definition) is 7. The first-order valence-corrected chi connectivity index (χ1v) is 14.4. The van der Waals surface area contributed by atoms with Gasteiger partial charge < -0.3 is 24.2 Å². The molecule has 1 aliphatic heterocycles. The molecule has 2 atom stereocenters. The van der Waals surface area contributed by atoms with Crippen molar-refractivity contribution in [1.29, 1.82) is 5.41 Å². The van der Waals surface area contributed by atoms with E-state index < -0.39 is 0 Å². The van der Waals surface area contributed by atoms with Gasteiger partial charge in [-0.15, -0.1) is 5.73 Å². The fourth-order valence-electron chi connectivity index (χ4n) is 4.44. The molecule has 8 nitrogen and oxygen atoms in total. The molecule has 5 rings (SSSR count). The van der Waals surface area contributed by atoms with E-state index in [0.29, 0.717) is 48.7 Å². The van der Waals surface area contributed by atoms with Crippen LogP contribution in [0.4, 0.5) is 0 Å². The summed E-state index contributed by atoms with van der Waals surface area (Å²) >= 11 is 0. The van der Waals surface area contributed by atoms with Gasteiger partial charge in [0.15, 0.2) is 5.78 Å². The second kappa shape index (κ2) is 16.3. The Labute approximate surface area is 258 Å². The third-order valence-electron chi connectivity index (χ3n) is 6.94. The van der Waals surface area contributed by atoms with Gasteiger partial charge in [0.25, 0.3) is 0 Å². The minimum atomic E-state index is -0.262. The number of epoxide rings is 1. The number of esters is 1. The largest absolute Gasteiger partial charge is 0.463 e. The summed E-state index contributed by atoms with van der Waals surface area (Å²) in [7, 11) is 1.56. The first-order valence-electron chi connectivity index (χ1n) is 14.4. The number of carbonyl (C=O) groups excluding carboxylic acids is 3. The number of allylic oxidation sites excluding steroid dienone is 1. The molecule has 1 N–H and O–H groups in total. The molecule has 1 fully saturated rings. The number of ether oxygens (including phenoxy) is 3. The zero-order chi connectivity index (χ0) is 32.2. The molecule has 1 aliphatic rings. The highest BCUT2D eigenvalue weighted by Gasteiger charge is 2.27. The van der Waals surface area contributed by atoms with E-state index in [4.69, 9.17) is 16.7 Å². The topological polar surface area (TPSA) is 111 Å². The van der Waals surface area contributed by atoms with Gasteiger partial charge in [-0.3, -0.25) is 14.4 Å². The van der Waals surface area contributed by atoms with Crippen molar-refractivity contribution in [3.8, 4) is 0 Å². The normalized spacial score (nSPS) is 14.8. The molecule has 0 saturated carbocycles. The predicted octanol–water partition coefficient (Wildman–Crippen LogP) is 6.51. The molecule has 3 aromatic carbocycles. The molecule has 1 saturated heterocycles. The maximum Gasteiger partial charge on any atom is 0.302 e. The van der Waals surface area contributed by atoms with E-state index >= 15 is 0 Å². The van der Waals surface area contributed by atoms with Crippen molar-refractivity contribution >= 4 is 45.1 Å². The van der Waals surface area contributed by atoms with Crippen LogP contribution in [0.5, 0.6) is 0 Å². The molecule has 44 heavy (non-hydrogen) atoms. The van der Waals surface area contributed by atoms with E-state index in [1.54, 1.807) is 25.3 Å². The van der Waals surface area contributed by atoms with Gasteiger partial charge in [0.05, 0.1) is 18.8 Å². The predicted molar refractivity (Wildman–Crippen MR) is 172 cm³/mol. The molecular weight excluding hydrogens is 556 g/mol. The third kappa shape index (κ3) is 9.44. The molecule has 2 heterocycles. The summed E-state index contributed by atoms with van der Waals surface area (Å²) in [6.07, 6.45) is 2.94. The van der Waals surface area contributed by atoms with Gasteiger partial charge in [0, 0.05) is 65.6 Å². The number of aromatic nitrogens is 1. The number of nitrogens with one attached hydrogen (secondary N) is 1. The highest BCUT2D eigenvalue weighted by molar-refractivity contribution is 6.17. The monoisotopic (exact) mass is 595 g/mol. The minimum absolute atomic E-state index is 0.0425. The molecule has 0 amide bonds. The van der Waals surface area contributed by atoms with Crippen LogP contribution < -0.4 is 0 Å². The summed E-state index contributed by atoms with van der Waals surface area (Å²) in [4.78, 5) is 34.5. The van der Waals surface area contributed by atoms with E-state index in [-0.39, 0.29) is 29.7 Å². The van der Waals surface area contributed by atoms with Gasteiger partial charge in [-0.2, -0.15) is 0 Å². The Morgan fingerprint density at radius 3 is 1.98 bits per heavy atom. The molecule has 1 radical (unpaired) electrons. The Balaban J connectivity index is 0.000000338. The third-order valence-corrected chi connectivity index (χ3v) is 6.94. The zero-order valence-electron chi connectivity index (χ0n) is 25.9.